The Morgan fingerprint density at radius 2 is 2.37 bits per heavy atom. The van der Waals surface area contributed by atoms with Crippen LogP contribution in [0.3, 0.4) is 0 Å². The zero-order chi connectivity index (χ0) is 13.7. The van der Waals surface area contributed by atoms with E-state index in [1.54, 1.807) is 0 Å². The second kappa shape index (κ2) is 6.80. The van der Waals surface area contributed by atoms with Gasteiger partial charge in [-0.2, -0.15) is 0 Å². The lowest BCUT2D eigenvalue weighted by Gasteiger charge is -2.31. The molecule has 1 aromatic rings. The summed E-state index contributed by atoms with van der Waals surface area (Å²) < 4.78 is 0. The molecule has 0 spiro atoms. The first-order valence-electron chi connectivity index (χ1n) is 6.94. The number of benzene rings is 1. The summed E-state index contributed by atoms with van der Waals surface area (Å²) in [5.74, 6) is 1.41. The average molecular weight is 280 g/mol. The third kappa shape index (κ3) is 4.43. The largest absolute Gasteiger partial charge is 0.370 e. The number of nitrogens with zero attached hydrogens (tertiary/aromatic N) is 2. The van der Waals surface area contributed by atoms with E-state index in [1.807, 2.05) is 18.2 Å². The van der Waals surface area contributed by atoms with Gasteiger partial charge in [0, 0.05) is 24.7 Å². The fourth-order valence-electron chi connectivity index (χ4n) is 2.49. The van der Waals surface area contributed by atoms with E-state index in [2.05, 4.69) is 22.9 Å². The highest BCUT2D eigenvalue weighted by Gasteiger charge is 2.17. The number of aliphatic imine (C=N–C) groups is 1. The highest BCUT2D eigenvalue weighted by atomic mass is 35.5. The first kappa shape index (κ1) is 14.2. The van der Waals surface area contributed by atoms with Gasteiger partial charge >= 0.3 is 0 Å². The summed E-state index contributed by atoms with van der Waals surface area (Å²) in [6, 6.07) is 7.91. The summed E-state index contributed by atoms with van der Waals surface area (Å²) in [5, 5.41) is 0.777. The van der Waals surface area contributed by atoms with Crippen LogP contribution < -0.4 is 5.73 Å². The molecule has 0 aliphatic carbocycles. The quantitative estimate of drug-likeness (QED) is 0.683. The minimum atomic E-state index is 0.688. The normalized spacial score (nSPS) is 20.6. The molecular weight excluding hydrogens is 258 g/mol. The molecule has 19 heavy (non-hydrogen) atoms. The molecule has 1 unspecified atom stereocenters. The van der Waals surface area contributed by atoms with Gasteiger partial charge < -0.3 is 10.6 Å². The van der Waals surface area contributed by atoms with Crippen LogP contribution in [0.2, 0.25) is 5.02 Å². The van der Waals surface area contributed by atoms with Crippen LogP contribution >= 0.6 is 11.6 Å². The summed E-state index contributed by atoms with van der Waals surface area (Å²) in [7, 11) is 0. The molecule has 4 heteroatoms. The van der Waals surface area contributed by atoms with Crippen LogP contribution in [-0.4, -0.2) is 30.5 Å². The molecular formula is C15H22ClN3. The highest BCUT2D eigenvalue weighted by molar-refractivity contribution is 6.30. The third-order valence-corrected chi connectivity index (χ3v) is 3.78. The first-order chi connectivity index (χ1) is 9.15. The molecule has 2 rings (SSSR count). The molecule has 0 amide bonds. The molecule has 0 aromatic heterocycles. The van der Waals surface area contributed by atoms with Crippen molar-refractivity contribution in [3.05, 3.63) is 34.9 Å². The molecule has 1 aromatic carbocycles. The predicted octanol–water partition coefficient (Wildman–Crippen LogP) is 2.93. The Kier molecular flexibility index (Phi) is 5.08. The van der Waals surface area contributed by atoms with Crippen molar-refractivity contribution in [2.45, 2.75) is 26.2 Å². The number of guanidine groups is 1. The SMILES string of the molecule is CC1CCCN(C(N)=NCCc2cccc(Cl)c2)C1. The van der Waals surface area contributed by atoms with Gasteiger partial charge in [0.25, 0.3) is 0 Å². The number of piperidine rings is 1. The molecule has 1 aliphatic rings. The van der Waals surface area contributed by atoms with E-state index in [1.165, 1.54) is 18.4 Å². The number of likely N-dealkylation sites (tertiary alicyclic amines) is 1. The molecule has 1 heterocycles. The number of hydrogen-bond donors (Lipinski definition) is 1. The summed E-state index contributed by atoms with van der Waals surface area (Å²) in [5.41, 5.74) is 7.26. The smallest absolute Gasteiger partial charge is 0.191 e. The second-order valence-corrected chi connectivity index (χ2v) is 5.75. The number of nitrogens with two attached hydrogens (primary N) is 1. The fraction of sp³-hybridized carbons (Fsp3) is 0.533. The lowest BCUT2D eigenvalue weighted by Crippen LogP contribution is -2.43. The Morgan fingerprint density at radius 1 is 1.53 bits per heavy atom. The van der Waals surface area contributed by atoms with Crippen molar-refractivity contribution in [3.8, 4) is 0 Å². The van der Waals surface area contributed by atoms with Crippen molar-refractivity contribution in [1.82, 2.24) is 4.90 Å². The maximum Gasteiger partial charge on any atom is 0.191 e. The number of rotatable bonds is 3. The van der Waals surface area contributed by atoms with Crippen molar-refractivity contribution in [2.75, 3.05) is 19.6 Å². The molecule has 104 valence electrons. The van der Waals surface area contributed by atoms with E-state index in [4.69, 9.17) is 17.3 Å². The minimum absolute atomic E-state index is 0.688. The van der Waals surface area contributed by atoms with Crippen molar-refractivity contribution in [2.24, 2.45) is 16.6 Å². The van der Waals surface area contributed by atoms with Crippen LogP contribution in [0.15, 0.2) is 29.3 Å². The number of halogens is 1. The van der Waals surface area contributed by atoms with E-state index >= 15 is 0 Å². The molecule has 3 nitrogen and oxygen atoms in total. The molecule has 1 atom stereocenters. The van der Waals surface area contributed by atoms with E-state index < -0.39 is 0 Å². The predicted molar refractivity (Wildman–Crippen MR) is 81.6 cm³/mol. The van der Waals surface area contributed by atoms with Crippen molar-refractivity contribution >= 4 is 17.6 Å². The van der Waals surface area contributed by atoms with Gasteiger partial charge in [0.05, 0.1) is 0 Å². The van der Waals surface area contributed by atoms with E-state index in [9.17, 15) is 0 Å². The molecule has 1 fully saturated rings. The standard InChI is InChI=1S/C15H22ClN3/c1-12-4-3-9-19(11-12)15(17)18-8-7-13-5-2-6-14(16)10-13/h2,5-6,10,12H,3-4,7-9,11H2,1H3,(H2,17,18). The molecule has 0 bridgehead atoms. The zero-order valence-corrected chi connectivity index (χ0v) is 12.2. The van der Waals surface area contributed by atoms with Crippen molar-refractivity contribution < 1.29 is 0 Å². The van der Waals surface area contributed by atoms with Crippen LogP contribution in [0.1, 0.15) is 25.3 Å². The van der Waals surface area contributed by atoms with Gasteiger partial charge in [0.15, 0.2) is 5.96 Å². The average Bonchev–Trinajstić information content (AvgIpc) is 2.38. The van der Waals surface area contributed by atoms with Gasteiger partial charge in [-0.15, -0.1) is 0 Å². The molecule has 0 radical (unpaired) electrons. The third-order valence-electron chi connectivity index (χ3n) is 3.54. The van der Waals surface area contributed by atoms with E-state index in [0.29, 0.717) is 5.96 Å². The lowest BCUT2D eigenvalue weighted by atomic mass is 10.0. The Bertz CT molecular complexity index is 445. The fourth-order valence-corrected chi connectivity index (χ4v) is 2.70. The van der Waals surface area contributed by atoms with Crippen LogP contribution in [0.5, 0.6) is 0 Å². The first-order valence-corrected chi connectivity index (χ1v) is 7.32. The maximum absolute atomic E-state index is 6.05. The minimum Gasteiger partial charge on any atom is -0.370 e. The lowest BCUT2D eigenvalue weighted by molar-refractivity contribution is 0.270. The van der Waals surface area contributed by atoms with E-state index in [-0.39, 0.29) is 0 Å². The van der Waals surface area contributed by atoms with Crippen LogP contribution in [-0.2, 0) is 6.42 Å². The second-order valence-electron chi connectivity index (χ2n) is 5.31. The summed E-state index contributed by atoms with van der Waals surface area (Å²) in [6.45, 7) is 5.06. The van der Waals surface area contributed by atoms with Crippen LogP contribution in [0, 0.1) is 5.92 Å². The van der Waals surface area contributed by atoms with Gasteiger partial charge in [-0.3, -0.25) is 4.99 Å². The Hall–Kier alpha value is -1.22. The Balaban J connectivity index is 1.84. The van der Waals surface area contributed by atoms with Gasteiger partial charge in [0.2, 0.25) is 0 Å². The topological polar surface area (TPSA) is 41.6 Å². The van der Waals surface area contributed by atoms with Crippen molar-refractivity contribution in [3.63, 3.8) is 0 Å². The van der Waals surface area contributed by atoms with Crippen LogP contribution in [0.25, 0.3) is 0 Å². The molecule has 1 saturated heterocycles. The van der Waals surface area contributed by atoms with Gasteiger partial charge in [-0.25, -0.2) is 0 Å². The monoisotopic (exact) mass is 279 g/mol. The zero-order valence-electron chi connectivity index (χ0n) is 11.5. The summed E-state index contributed by atoms with van der Waals surface area (Å²) >= 11 is 5.96. The van der Waals surface area contributed by atoms with Crippen molar-refractivity contribution in [1.29, 1.82) is 0 Å². The Labute approximate surface area is 120 Å². The summed E-state index contributed by atoms with van der Waals surface area (Å²) in [6.07, 6.45) is 3.39. The van der Waals surface area contributed by atoms with Gasteiger partial charge in [-0.1, -0.05) is 30.7 Å². The highest BCUT2D eigenvalue weighted by Crippen LogP contribution is 2.15. The van der Waals surface area contributed by atoms with E-state index in [0.717, 1.165) is 37.0 Å². The number of hydrogen-bond acceptors (Lipinski definition) is 1. The van der Waals surface area contributed by atoms with Gasteiger partial charge in [0.1, 0.15) is 0 Å². The summed E-state index contributed by atoms with van der Waals surface area (Å²) in [4.78, 5) is 6.69. The van der Waals surface area contributed by atoms with Crippen LogP contribution in [0.4, 0.5) is 0 Å². The maximum atomic E-state index is 6.05. The molecule has 0 saturated carbocycles. The van der Waals surface area contributed by atoms with Gasteiger partial charge in [-0.05, 0) is 42.9 Å². The Morgan fingerprint density at radius 3 is 3.11 bits per heavy atom. The molecule has 2 N–H and O–H groups in total. The molecule has 1 aliphatic heterocycles.